The molecule has 6 N–H and O–H groups in total. The van der Waals surface area contributed by atoms with Gasteiger partial charge in [0.2, 0.25) is 0 Å². The Balaban J connectivity index is 0.000000183. The first-order valence-corrected chi connectivity index (χ1v) is 34.5. The lowest BCUT2D eigenvalue weighted by atomic mass is 9.76. The monoisotopic (exact) mass is 1360 g/mol. The smallest absolute Gasteiger partial charge is 0.339 e. The number of nitrogens with zero attached hydrogens (tertiary/aromatic N) is 10. The van der Waals surface area contributed by atoms with Crippen LogP contribution in [-0.2, 0) is 25.2 Å². The Morgan fingerprint density at radius 3 is 1.10 bits per heavy atom. The third-order valence-electron chi connectivity index (χ3n) is 18.4. The largest absolute Gasteiger partial charge is 0.494 e. The van der Waals surface area contributed by atoms with E-state index in [1.165, 1.54) is 0 Å². The minimum absolute atomic E-state index is 0.0450. The maximum absolute atomic E-state index is 14.3. The predicted octanol–water partition coefficient (Wildman–Crippen LogP) is 15.7. The van der Waals surface area contributed by atoms with E-state index in [-0.39, 0.29) is 28.1 Å². The fourth-order valence-corrected chi connectivity index (χ4v) is 13.8. The number of nitrogens with two attached hydrogens (primary N) is 2. The summed E-state index contributed by atoms with van der Waals surface area (Å²) in [7, 11) is 3.78. The SMILES string of the molecule is Cn1nc(-c2cnc3c(n2)c(C(=O)NC(C)(C)C)cn3C(c2ccccc2)(c2ccccc2)c2ccccc2)c2cc(OCCCC(C)(C)N)ccc21.Cn1nc(-c2cnc3c(n2)c(C(=O)O)cn3C(c2ccccc2)(c2ccccc2)c2ccccc2)c2cc(OCCCC(C)(C)N)ccc21. The van der Waals surface area contributed by atoms with E-state index in [1.807, 2.05) is 224 Å². The van der Waals surface area contributed by atoms with E-state index >= 15 is 0 Å². The molecule has 0 fully saturated rings. The molecule has 0 aliphatic rings. The van der Waals surface area contributed by atoms with E-state index in [2.05, 4.69) is 82.7 Å². The molecule has 18 nitrogen and oxygen atoms in total. The Morgan fingerprint density at radius 2 is 0.784 bits per heavy atom. The minimum Gasteiger partial charge on any atom is -0.494 e. The highest BCUT2D eigenvalue weighted by Crippen LogP contribution is 2.46. The fraction of sp³-hybridized carbons (Fsp3) is 0.238. The molecule has 8 aromatic carbocycles. The molecular formula is C84H85N13O5. The average molecular weight is 1360 g/mol. The maximum atomic E-state index is 14.3. The second kappa shape index (κ2) is 28.2. The Kier molecular flexibility index (Phi) is 19.0. The number of nitrogens with one attached hydrogen (secondary N) is 1. The van der Waals surface area contributed by atoms with Crippen LogP contribution < -0.4 is 26.3 Å². The molecule has 516 valence electrons. The number of carbonyl (C=O) groups is 2. The number of carboxylic acid groups (broad SMARTS) is 1. The molecule has 6 aromatic heterocycles. The Bertz CT molecular complexity index is 5090. The predicted molar refractivity (Wildman–Crippen MR) is 404 cm³/mol. The van der Waals surface area contributed by atoms with Gasteiger partial charge in [-0.25, -0.2) is 24.7 Å². The summed E-state index contributed by atoms with van der Waals surface area (Å²) in [5.74, 6) is 0.116. The van der Waals surface area contributed by atoms with Crippen molar-refractivity contribution in [3.63, 3.8) is 0 Å². The normalized spacial score (nSPS) is 12.2. The molecule has 0 radical (unpaired) electrons. The van der Waals surface area contributed by atoms with Gasteiger partial charge in [-0.2, -0.15) is 10.2 Å². The highest BCUT2D eigenvalue weighted by Gasteiger charge is 2.43. The molecule has 14 rings (SSSR count). The lowest BCUT2D eigenvalue weighted by Gasteiger charge is -2.38. The van der Waals surface area contributed by atoms with Crippen LogP contribution in [0, 0.1) is 0 Å². The van der Waals surface area contributed by atoms with Gasteiger partial charge in [0.05, 0.1) is 42.2 Å². The summed E-state index contributed by atoms with van der Waals surface area (Å²) >= 11 is 0. The number of aromatic carboxylic acids is 1. The summed E-state index contributed by atoms with van der Waals surface area (Å²) in [6.07, 6.45) is 10.4. The van der Waals surface area contributed by atoms with E-state index < -0.39 is 22.6 Å². The van der Waals surface area contributed by atoms with Crippen molar-refractivity contribution in [2.75, 3.05) is 13.2 Å². The molecule has 102 heavy (non-hydrogen) atoms. The van der Waals surface area contributed by atoms with Crippen LogP contribution in [-0.4, -0.2) is 95.4 Å². The van der Waals surface area contributed by atoms with Crippen molar-refractivity contribution in [2.45, 2.75) is 102 Å². The number of hydrogen-bond acceptors (Lipinski definition) is 12. The fourth-order valence-electron chi connectivity index (χ4n) is 13.8. The molecule has 0 unspecified atom stereocenters. The Morgan fingerprint density at radius 1 is 0.461 bits per heavy atom. The summed E-state index contributed by atoms with van der Waals surface area (Å²) in [6, 6.07) is 73.1. The molecule has 0 aliphatic carbocycles. The first-order valence-electron chi connectivity index (χ1n) is 34.5. The second-order valence-corrected chi connectivity index (χ2v) is 28.5. The third-order valence-corrected chi connectivity index (χ3v) is 18.4. The van der Waals surface area contributed by atoms with Crippen molar-refractivity contribution in [3.05, 3.63) is 288 Å². The van der Waals surface area contributed by atoms with Crippen LogP contribution >= 0.6 is 0 Å². The molecule has 1 amide bonds. The topological polar surface area (TPSA) is 234 Å². The van der Waals surface area contributed by atoms with Crippen LogP contribution in [0.15, 0.2) is 243 Å². The maximum Gasteiger partial charge on any atom is 0.339 e. The molecule has 0 aliphatic heterocycles. The number of ether oxygens (including phenoxy) is 2. The van der Waals surface area contributed by atoms with Crippen LogP contribution in [0.2, 0.25) is 0 Å². The standard InChI is InChI=1S/C44H47N7O2.C40H38N6O3/c1-42(2,3)48-41(52)35-29-51(44(30-17-10-7-11-18-30,31-19-12-8-13-20-31)32-21-14-9-15-22-32)40-39(35)47-36(28-46-40)38-34-27-33(23-24-37(34)50(6)49-38)53-26-16-25-43(4,5)45;1-39(2,41)22-13-23-49-30-20-21-34-31(24-30)35(44-45(34)3)33-25-42-37-36(43-33)32(38(47)48)26-46(37)40(27-14-7-4-8-15-27,28-16-9-5-10-17-28)29-18-11-6-12-19-29/h7-15,17-24,27-29H,16,25-26,45H2,1-6H3,(H,48,52);4-12,14-21,24-26H,13,22-23,41H2,1-3H3,(H,47,48). The van der Waals surface area contributed by atoms with E-state index in [1.54, 1.807) is 23.3 Å². The summed E-state index contributed by atoms with van der Waals surface area (Å²) in [6.45, 7) is 15.1. The molecule has 0 bridgehead atoms. The third kappa shape index (κ3) is 13.8. The molecule has 18 heteroatoms. The minimum atomic E-state index is -1.10. The van der Waals surface area contributed by atoms with Crippen molar-refractivity contribution in [1.82, 2.24) is 53.9 Å². The van der Waals surface area contributed by atoms with Gasteiger partial charge in [-0.15, -0.1) is 0 Å². The summed E-state index contributed by atoms with van der Waals surface area (Å²) < 4.78 is 19.9. The van der Waals surface area contributed by atoms with Crippen molar-refractivity contribution in [3.8, 4) is 34.3 Å². The molecule has 0 saturated carbocycles. The van der Waals surface area contributed by atoms with Gasteiger partial charge >= 0.3 is 5.97 Å². The zero-order valence-electron chi connectivity index (χ0n) is 59.0. The Labute approximate surface area is 593 Å². The van der Waals surface area contributed by atoms with Gasteiger partial charge in [-0.3, -0.25) is 14.2 Å². The number of hydrogen-bond donors (Lipinski definition) is 4. The summed E-state index contributed by atoms with van der Waals surface area (Å²) in [5.41, 5.74) is 21.7. The summed E-state index contributed by atoms with van der Waals surface area (Å²) in [5, 5.41) is 25.2. The van der Waals surface area contributed by atoms with Gasteiger partial charge in [0.1, 0.15) is 61.9 Å². The number of carboxylic acids is 1. The van der Waals surface area contributed by atoms with E-state index in [9.17, 15) is 14.7 Å². The molecular weight excluding hydrogens is 1270 g/mol. The highest BCUT2D eigenvalue weighted by molar-refractivity contribution is 6.06. The van der Waals surface area contributed by atoms with Crippen molar-refractivity contribution < 1.29 is 24.2 Å². The zero-order valence-corrected chi connectivity index (χ0v) is 59.0. The van der Waals surface area contributed by atoms with Gasteiger partial charge in [0.15, 0.2) is 11.3 Å². The molecule has 14 aromatic rings. The number of amides is 1. The molecule has 0 spiro atoms. The number of carbonyl (C=O) groups excluding carboxylic acids is 1. The zero-order chi connectivity index (χ0) is 71.6. The number of aromatic nitrogens is 10. The van der Waals surface area contributed by atoms with Crippen LogP contribution in [0.25, 0.3) is 66.9 Å². The van der Waals surface area contributed by atoms with E-state index in [4.69, 9.17) is 51.1 Å². The molecule has 0 atom stereocenters. The van der Waals surface area contributed by atoms with Gasteiger partial charge in [-0.05, 0) is 144 Å². The van der Waals surface area contributed by atoms with Crippen molar-refractivity contribution in [2.24, 2.45) is 25.6 Å². The molecule has 0 saturated heterocycles. The summed E-state index contributed by atoms with van der Waals surface area (Å²) in [4.78, 5) is 47.6. The Hall–Kier alpha value is -11.6. The molecule has 6 heterocycles. The quantitative estimate of drug-likeness (QED) is 0.0366. The number of rotatable bonds is 22. The van der Waals surface area contributed by atoms with Crippen molar-refractivity contribution in [1.29, 1.82) is 0 Å². The highest BCUT2D eigenvalue weighted by atomic mass is 16.5. The van der Waals surface area contributed by atoms with Gasteiger partial charge in [-0.1, -0.05) is 182 Å². The van der Waals surface area contributed by atoms with Crippen LogP contribution in [0.4, 0.5) is 0 Å². The lowest BCUT2D eigenvalue weighted by molar-refractivity contribution is 0.0698. The number of fused-ring (bicyclic) bond motifs is 4. The van der Waals surface area contributed by atoms with Crippen LogP contribution in [0.5, 0.6) is 11.5 Å². The van der Waals surface area contributed by atoms with Gasteiger partial charge < -0.3 is 40.5 Å². The van der Waals surface area contributed by atoms with Crippen molar-refractivity contribution >= 4 is 56.0 Å². The van der Waals surface area contributed by atoms with E-state index in [0.717, 1.165) is 86.6 Å². The lowest BCUT2D eigenvalue weighted by Crippen LogP contribution is -2.40. The van der Waals surface area contributed by atoms with Gasteiger partial charge in [0, 0.05) is 53.9 Å². The number of aryl methyl sites for hydroxylation is 2. The first kappa shape index (κ1) is 68.9. The van der Waals surface area contributed by atoms with Crippen LogP contribution in [0.1, 0.15) is 128 Å². The van der Waals surface area contributed by atoms with E-state index in [0.29, 0.717) is 64.1 Å². The number of benzene rings is 8. The van der Waals surface area contributed by atoms with Crippen LogP contribution in [0.3, 0.4) is 0 Å². The average Bonchev–Trinajstić information content (AvgIpc) is 1.52. The second-order valence-electron chi connectivity index (χ2n) is 28.5. The first-order chi connectivity index (χ1) is 49.0. The van der Waals surface area contributed by atoms with Gasteiger partial charge in [0.25, 0.3) is 5.91 Å².